The van der Waals surface area contributed by atoms with Crippen molar-refractivity contribution in [3.05, 3.63) is 11.8 Å². The Hall–Kier alpha value is -1.15. The Balaban J connectivity index is 1.93. The Labute approximate surface area is 114 Å². The average Bonchev–Trinajstić information content (AvgIpc) is 2.69. The smallest absolute Gasteiger partial charge is 0.401 e. The third-order valence-electron chi connectivity index (χ3n) is 3.33. The first-order chi connectivity index (χ1) is 9.48. The van der Waals surface area contributed by atoms with Crippen LogP contribution in [0.15, 0.2) is 4.42 Å². The third kappa shape index (κ3) is 4.45. The summed E-state index contributed by atoms with van der Waals surface area (Å²) < 4.78 is 42.8. The number of hydrogen-bond donors (Lipinski definition) is 1. The van der Waals surface area contributed by atoms with Crippen LogP contribution in [0, 0.1) is 0 Å². The van der Waals surface area contributed by atoms with Gasteiger partial charge >= 0.3 is 6.18 Å². The highest BCUT2D eigenvalue weighted by Gasteiger charge is 2.31. The lowest BCUT2D eigenvalue weighted by Gasteiger charge is -2.22. The lowest BCUT2D eigenvalue weighted by atomic mass is 9.85. The number of nitrogens with zero attached hydrogens (tertiary/aromatic N) is 3. The molecule has 0 spiro atoms. The molecular formula is C12H18F3N3O2. The normalized spacial score (nSPS) is 16.6. The van der Waals surface area contributed by atoms with Gasteiger partial charge in [0.2, 0.25) is 11.8 Å². The molecule has 0 aliphatic heterocycles. The lowest BCUT2D eigenvalue weighted by molar-refractivity contribution is -0.148. The summed E-state index contributed by atoms with van der Waals surface area (Å²) in [7, 11) is 0. The van der Waals surface area contributed by atoms with Crippen molar-refractivity contribution >= 4 is 0 Å². The summed E-state index contributed by atoms with van der Waals surface area (Å²) in [4.78, 5) is 1.16. The second kappa shape index (κ2) is 6.53. The first-order valence-corrected chi connectivity index (χ1v) is 6.70. The predicted octanol–water partition coefficient (Wildman–Crippen LogP) is 2.08. The largest absolute Gasteiger partial charge is 0.424 e. The maximum Gasteiger partial charge on any atom is 0.401 e. The summed E-state index contributed by atoms with van der Waals surface area (Å²) in [6.45, 7) is -1.10. The Morgan fingerprint density at radius 3 is 2.60 bits per heavy atom. The monoisotopic (exact) mass is 293 g/mol. The minimum atomic E-state index is -4.29. The van der Waals surface area contributed by atoms with Crippen molar-refractivity contribution in [3.63, 3.8) is 0 Å². The van der Waals surface area contributed by atoms with Crippen molar-refractivity contribution in [3.8, 4) is 0 Å². The molecular weight excluding hydrogens is 275 g/mol. The molecule has 0 unspecified atom stereocenters. The van der Waals surface area contributed by atoms with Crippen LogP contribution in [0.25, 0.3) is 0 Å². The van der Waals surface area contributed by atoms with E-state index in [1.807, 2.05) is 0 Å². The SMILES string of the molecule is OCCCN(Cc1nnc(C2CCC2)o1)CC(F)(F)F. The van der Waals surface area contributed by atoms with Gasteiger partial charge in [-0.05, 0) is 19.3 Å². The zero-order valence-corrected chi connectivity index (χ0v) is 11.1. The van der Waals surface area contributed by atoms with Crippen molar-refractivity contribution < 1.29 is 22.7 Å². The molecule has 20 heavy (non-hydrogen) atoms. The van der Waals surface area contributed by atoms with E-state index < -0.39 is 12.7 Å². The highest BCUT2D eigenvalue weighted by Crippen LogP contribution is 2.35. The fourth-order valence-corrected chi connectivity index (χ4v) is 2.10. The quantitative estimate of drug-likeness (QED) is 0.834. The van der Waals surface area contributed by atoms with Crippen LogP contribution in [0.5, 0.6) is 0 Å². The molecule has 1 saturated carbocycles. The molecule has 0 saturated heterocycles. The van der Waals surface area contributed by atoms with Crippen molar-refractivity contribution in [1.29, 1.82) is 0 Å². The van der Waals surface area contributed by atoms with E-state index in [2.05, 4.69) is 10.2 Å². The van der Waals surface area contributed by atoms with E-state index in [0.29, 0.717) is 5.89 Å². The molecule has 1 aliphatic rings. The molecule has 1 N–H and O–H groups in total. The molecule has 0 aromatic carbocycles. The van der Waals surface area contributed by atoms with E-state index in [1.165, 1.54) is 0 Å². The summed E-state index contributed by atoms with van der Waals surface area (Å²) in [6.07, 6.45) is -0.887. The zero-order chi connectivity index (χ0) is 14.6. The van der Waals surface area contributed by atoms with Gasteiger partial charge in [0, 0.05) is 19.1 Å². The molecule has 1 aliphatic carbocycles. The molecule has 5 nitrogen and oxygen atoms in total. The van der Waals surface area contributed by atoms with Crippen molar-refractivity contribution in [2.45, 2.75) is 44.3 Å². The van der Waals surface area contributed by atoms with Gasteiger partial charge in [-0.1, -0.05) is 6.42 Å². The Bertz CT molecular complexity index is 418. The van der Waals surface area contributed by atoms with E-state index in [9.17, 15) is 13.2 Å². The molecule has 0 amide bonds. The Morgan fingerprint density at radius 2 is 2.05 bits per heavy atom. The van der Waals surface area contributed by atoms with Crippen LogP contribution < -0.4 is 0 Å². The molecule has 2 rings (SSSR count). The van der Waals surface area contributed by atoms with Crippen LogP contribution in [0.3, 0.4) is 0 Å². The maximum atomic E-state index is 12.5. The number of halogens is 3. The van der Waals surface area contributed by atoms with Crippen molar-refractivity contribution in [2.75, 3.05) is 19.7 Å². The highest BCUT2D eigenvalue weighted by atomic mass is 19.4. The van der Waals surface area contributed by atoms with Crippen LogP contribution in [0.2, 0.25) is 0 Å². The molecule has 1 heterocycles. The number of aliphatic hydroxyl groups excluding tert-OH is 1. The van der Waals surface area contributed by atoms with E-state index in [4.69, 9.17) is 9.52 Å². The van der Waals surface area contributed by atoms with Gasteiger partial charge in [0.1, 0.15) is 0 Å². The van der Waals surface area contributed by atoms with Gasteiger partial charge in [-0.25, -0.2) is 0 Å². The van der Waals surface area contributed by atoms with Crippen molar-refractivity contribution in [1.82, 2.24) is 15.1 Å². The van der Waals surface area contributed by atoms with Crippen molar-refractivity contribution in [2.24, 2.45) is 0 Å². The van der Waals surface area contributed by atoms with Gasteiger partial charge < -0.3 is 9.52 Å². The third-order valence-corrected chi connectivity index (χ3v) is 3.33. The lowest BCUT2D eigenvalue weighted by Crippen LogP contribution is -2.35. The molecule has 1 aromatic heterocycles. The molecule has 0 radical (unpaired) electrons. The average molecular weight is 293 g/mol. The summed E-state index contributed by atoms with van der Waals surface area (Å²) in [6, 6.07) is 0. The van der Waals surface area contributed by atoms with Gasteiger partial charge in [0.25, 0.3) is 0 Å². The number of aromatic nitrogens is 2. The van der Waals surface area contributed by atoms with E-state index >= 15 is 0 Å². The predicted molar refractivity (Wildman–Crippen MR) is 63.9 cm³/mol. The highest BCUT2D eigenvalue weighted by molar-refractivity contribution is 4.96. The van der Waals surface area contributed by atoms with Gasteiger partial charge in [0.15, 0.2) is 0 Å². The van der Waals surface area contributed by atoms with Gasteiger partial charge in [0.05, 0.1) is 13.1 Å². The fraction of sp³-hybridized carbons (Fsp3) is 0.833. The minimum absolute atomic E-state index is 0.0424. The topological polar surface area (TPSA) is 62.4 Å². The van der Waals surface area contributed by atoms with Gasteiger partial charge in [-0.3, -0.25) is 4.90 Å². The first-order valence-electron chi connectivity index (χ1n) is 6.70. The van der Waals surface area contributed by atoms with Crippen LogP contribution in [0.4, 0.5) is 13.2 Å². The van der Waals surface area contributed by atoms with Crippen LogP contribution >= 0.6 is 0 Å². The number of aliphatic hydroxyl groups is 1. The summed E-state index contributed by atoms with van der Waals surface area (Å²) >= 11 is 0. The summed E-state index contributed by atoms with van der Waals surface area (Å²) in [5, 5.41) is 16.4. The van der Waals surface area contributed by atoms with Gasteiger partial charge in [-0.2, -0.15) is 13.2 Å². The van der Waals surface area contributed by atoms with Crippen LogP contribution in [-0.4, -0.2) is 46.1 Å². The number of hydrogen-bond acceptors (Lipinski definition) is 5. The maximum absolute atomic E-state index is 12.5. The summed E-state index contributed by atoms with van der Waals surface area (Å²) in [5.74, 6) is 0.999. The van der Waals surface area contributed by atoms with E-state index in [0.717, 1.165) is 24.2 Å². The van der Waals surface area contributed by atoms with Gasteiger partial charge in [-0.15, -0.1) is 10.2 Å². The second-order valence-electron chi connectivity index (χ2n) is 5.06. The minimum Gasteiger partial charge on any atom is -0.424 e. The molecule has 114 valence electrons. The fourth-order valence-electron chi connectivity index (χ4n) is 2.10. The second-order valence-corrected chi connectivity index (χ2v) is 5.06. The van der Waals surface area contributed by atoms with Crippen LogP contribution in [0.1, 0.15) is 43.4 Å². The molecule has 0 atom stereocenters. The molecule has 0 bridgehead atoms. The van der Waals surface area contributed by atoms with Crippen LogP contribution in [-0.2, 0) is 6.54 Å². The Morgan fingerprint density at radius 1 is 1.30 bits per heavy atom. The molecule has 1 aromatic rings. The first kappa shape index (κ1) is 15.2. The number of rotatable bonds is 7. The number of alkyl halides is 3. The molecule has 8 heteroatoms. The van der Waals surface area contributed by atoms with E-state index in [1.54, 1.807) is 0 Å². The molecule has 1 fully saturated rings. The summed E-state index contributed by atoms with van der Waals surface area (Å²) in [5.41, 5.74) is 0. The van der Waals surface area contributed by atoms with E-state index in [-0.39, 0.29) is 37.9 Å². The standard InChI is InChI=1S/C12H18F3N3O2/c13-12(14,15)8-18(5-2-6-19)7-10-16-17-11(20-10)9-3-1-4-9/h9,19H,1-8H2. The Kier molecular flexibility index (Phi) is 4.98. The zero-order valence-electron chi connectivity index (χ0n) is 11.1.